The van der Waals surface area contributed by atoms with E-state index in [9.17, 15) is 9.59 Å². The van der Waals surface area contributed by atoms with Crippen LogP contribution in [0.4, 0.5) is 5.95 Å². The van der Waals surface area contributed by atoms with Crippen LogP contribution in [0, 0.1) is 0 Å². The molecule has 1 atom stereocenters. The van der Waals surface area contributed by atoms with E-state index in [-0.39, 0.29) is 16.7 Å². The van der Waals surface area contributed by atoms with Gasteiger partial charge in [0.25, 0.3) is 11.5 Å². The lowest BCUT2D eigenvalue weighted by Gasteiger charge is -2.16. The van der Waals surface area contributed by atoms with Crippen LogP contribution in [0.25, 0.3) is 10.9 Å². The molecule has 0 fully saturated rings. The number of fused-ring (bicyclic) bond motifs is 1. The van der Waals surface area contributed by atoms with Gasteiger partial charge >= 0.3 is 0 Å². The Hall–Kier alpha value is -2.51. The summed E-state index contributed by atoms with van der Waals surface area (Å²) in [5, 5.41) is 0.849. The second-order valence-electron chi connectivity index (χ2n) is 5.83. The molecule has 1 heterocycles. The number of anilines is 1. The number of hydrogen-bond donors (Lipinski definition) is 2. The number of amides is 1. The van der Waals surface area contributed by atoms with Crippen LogP contribution in [0.1, 0.15) is 13.8 Å². The molecule has 3 rings (SSSR count). The average molecular weight is 403 g/mol. The predicted molar refractivity (Wildman–Crippen MR) is 110 cm³/mol. The summed E-state index contributed by atoms with van der Waals surface area (Å²) >= 11 is 7.29. The van der Waals surface area contributed by atoms with E-state index in [0.717, 1.165) is 4.90 Å². The zero-order valence-corrected chi connectivity index (χ0v) is 16.5. The number of carbonyl (C=O) groups excluding carboxylic acids is 1. The highest BCUT2D eigenvalue weighted by Crippen LogP contribution is 2.24. The molecule has 0 saturated heterocycles. The molecular formula is C19H19ClN4O2S. The molecule has 2 N–H and O–H groups in total. The fraction of sp³-hybridized carbons (Fsp3) is 0.211. The van der Waals surface area contributed by atoms with Crippen LogP contribution in [0.15, 0.2) is 58.2 Å². The van der Waals surface area contributed by atoms with Crippen molar-refractivity contribution < 1.29 is 4.79 Å². The molecule has 27 heavy (non-hydrogen) atoms. The summed E-state index contributed by atoms with van der Waals surface area (Å²) in [5.74, 6) is 0.0817. The van der Waals surface area contributed by atoms with E-state index in [1.54, 1.807) is 37.3 Å². The first-order chi connectivity index (χ1) is 13.0. The minimum atomic E-state index is -0.346. The topological polar surface area (TPSA) is 76.0 Å². The van der Waals surface area contributed by atoms with Gasteiger partial charge < -0.3 is 0 Å². The summed E-state index contributed by atoms with van der Waals surface area (Å²) in [7, 11) is 0. The summed E-state index contributed by atoms with van der Waals surface area (Å²) in [5.41, 5.74) is 5.86. The van der Waals surface area contributed by atoms with E-state index < -0.39 is 0 Å². The molecule has 0 bridgehead atoms. The number of nitrogens with one attached hydrogen (secondary N) is 2. The van der Waals surface area contributed by atoms with Gasteiger partial charge in [-0.15, -0.1) is 11.8 Å². The van der Waals surface area contributed by atoms with Crippen LogP contribution in [0.5, 0.6) is 0 Å². The summed E-state index contributed by atoms with van der Waals surface area (Å²) in [6.07, 6.45) is 0. The van der Waals surface area contributed by atoms with Crippen molar-refractivity contribution in [3.8, 4) is 0 Å². The van der Waals surface area contributed by atoms with Crippen LogP contribution in [-0.4, -0.2) is 20.7 Å². The number of hydrazine groups is 1. The lowest BCUT2D eigenvalue weighted by atomic mass is 10.2. The van der Waals surface area contributed by atoms with Gasteiger partial charge in [0.05, 0.1) is 16.2 Å². The van der Waals surface area contributed by atoms with Crippen LogP contribution in [-0.2, 0) is 11.3 Å². The average Bonchev–Trinajstić information content (AvgIpc) is 2.68. The van der Waals surface area contributed by atoms with E-state index in [0.29, 0.717) is 28.4 Å². The van der Waals surface area contributed by atoms with Crippen molar-refractivity contribution in [1.82, 2.24) is 15.0 Å². The van der Waals surface area contributed by atoms with Crippen LogP contribution in [0.3, 0.4) is 0 Å². The van der Waals surface area contributed by atoms with Gasteiger partial charge in [-0.1, -0.05) is 23.7 Å². The molecule has 1 amide bonds. The SMILES string of the molecule is CCn1c(NNC(=O)[C@H](C)Sc2ccc(Cl)cc2)nc2ccccc2c1=O. The Morgan fingerprint density at radius 2 is 1.93 bits per heavy atom. The van der Waals surface area contributed by atoms with Gasteiger partial charge in [-0.3, -0.25) is 25.0 Å². The second-order valence-corrected chi connectivity index (χ2v) is 7.68. The number of carbonyl (C=O) groups is 1. The second kappa shape index (κ2) is 8.45. The number of aromatic nitrogens is 2. The van der Waals surface area contributed by atoms with Crippen molar-refractivity contribution in [2.75, 3.05) is 5.43 Å². The zero-order chi connectivity index (χ0) is 19.4. The molecule has 0 unspecified atom stereocenters. The van der Waals surface area contributed by atoms with Crippen LogP contribution in [0.2, 0.25) is 5.02 Å². The van der Waals surface area contributed by atoms with E-state index in [4.69, 9.17) is 11.6 Å². The van der Waals surface area contributed by atoms with E-state index in [1.807, 2.05) is 25.1 Å². The molecule has 6 nitrogen and oxygen atoms in total. The third-order valence-corrected chi connectivity index (χ3v) is 5.34. The largest absolute Gasteiger partial charge is 0.277 e. The highest BCUT2D eigenvalue weighted by Gasteiger charge is 2.16. The number of para-hydroxylation sites is 1. The highest BCUT2D eigenvalue weighted by molar-refractivity contribution is 8.00. The first-order valence-electron chi connectivity index (χ1n) is 8.47. The Kier molecular flexibility index (Phi) is 6.03. The quantitative estimate of drug-likeness (QED) is 0.485. The smallest absolute Gasteiger partial charge is 0.262 e. The number of benzene rings is 2. The van der Waals surface area contributed by atoms with Crippen LogP contribution >= 0.6 is 23.4 Å². The molecule has 0 aliphatic carbocycles. The Bertz CT molecular complexity index is 1020. The Morgan fingerprint density at radius 3 is 2.63 bits per heavy atom. The van der Waals surface area contributed by atoms with Crippen molar-refractivity contribution in [2.24, 2.45) is 0 Å². The standard InChI is InChI=1S/C19H19ClN4O2S/c1-3-24-18(26)15-6-4-5-7-16(15)21-19(24)23-22-17(25)12(2)27-14-10-8-13(20)9-11-14/h4-12H,3H2,1-2H3,(H,21,23)(H,22,25)/t12-/m0/s1. The number of nitrogens with zero attached hydrogens (tertiary/aromatic N) is 2. The van der Waals surface area contributed by atoms with E-state index in [2.05, 4.69) is 15.8 Å². The van der Waals surface area contributed by atoms with Gasteiger partial charge in [0.2, 0.25) is 5.95 Å². The molecule has 140 valence electrons. The maximum Gasteiger partial charge on any atom is 0.262 e. The van der Waals surface area contributed by atoms with Crippen molar-refractivity contribution in [3.63, 3.8) is 0 Å². The molecule has 1 aromatic heterocycles. The lowest BCUT2D eigenvalue weighted by Crippen LogP contribution is -2.38. The molecule has 0 saturated carbocycles. The first-order valence-corrected chi connectivity index (χ1v) is 9.73. The minimum absolute atomic E-state index is 0.150. The fourth-order valence-corrected chi connectivity index (χ4v) is 3.54. The third kappa shape index (κ3) is 4.43. The number of rotatable bonds is 6. The van der Waals surface area contributed by atoms with Gasteiger partial charge in [-0.05, 0) is 50.2 Å². The van der Waals surface area contributed by atoms with E-state index in [1.165, 1.54) is 16.3 Å². The molecule has 0 radical (unpaired) electrons. The van der Waals surface area contributed by atoms with Gasteiger partial charge in [-0.25, -0.2) is 4.98 Å². The van der Waals surface area contributed by atoms with Crippen molar-refractivity contribution in [2.45, 2.75) is 30.5 Å². The van der Waals surface area contributed by atoms with Crippen LogP contribution < -0.4 is 16.4 Å². The first kappa shape index (κ1) is 19.3. The number of halogens is 1. The molecule has 0 aliphatic heterocycles. The molecular weight excluding hydrogens is 384 g/mol. The van der Waals surface area contributed by atoms with Gasteiger partial charge in [-0.2, -0.15) is 0 Å². The normalized spacial score (nSPS) is 12.0. The van der Waals surface area contributed by atoms with Gasteiger partial charge in [0.15, 0.2) is 0 Å². The molecule has 0 aliphatic rings. The molecule has 8 heteroatoms. The Morgan fingerprint density at radius 1 is 1.22 bits per heavy atom. The van der Waals surface area contributed by atoms with E-state index >= 15 is 0 Å². The van der Waals surface area contributed by atoms with Gasteiger partial charge in [0.1, 0.15) is 0 Å². The fourth-order valence-electron chi connectivity index (χ4n) is 2.55. The maximum absolute atomic E-state index is 12.6. The summed E-state index contributed by atoms with van der Waals surface area (Å²) < 4.78 is 1.49. The lowest BCUT2D eigenvalue weighted by molar-refractivity contribution is -0.119. The summed E-state index contributed by atoms with van der Waals surface area (Å²) in [6.45, 7) is 4.09. The summed E-state index contributed by atoms with van der Waals surface area (Å²) in [4.78, 5) is 30.4. The minimum Gasteiger partial charge on any atom is -0.277 e. The number of hydrogen-bond acceptors (Lipinski definition) is 5. The Labute approximate surface area is 165 Å². The predicted octanol–water partition coefficient (Wildman–Crippen LogP) is 3.69. The Balaban J connectivity index is 1.72. The summed E-state index contributed by atoms with van der Waals surface area (Å²) in [6, 6.07) is 14.4. The number of thioether (sulfide) groups is 1. The van der Waals surface area contributed by atoms with Crippen molar-refractivity contribution in [1.29, 1.82) is 0 Å². The molecule has 2 aromatic carbocycles. The van der Waals surface area contributed by atoms with Crippen molar-refractivity contribution in [3.05, 3.63) is 63.9 Å². The third-order valence-electron chi connectivity index (χ3n) is 3.97. The monoisotopic (exact) mass is 402 g/mol. The molecule has 3 aromatic rings. The highest BCUT2D eigenvalue weighted by atomic mass is 35.5. The molecule has 0 spiro atoms. The van der Waals surface area contributed by atoms with Gasteiger partial charge in [0, 0.05) is 16.5 Å². The zero-order valence-electron chi connectivity index (χ0n) is 14.9. The maximum atomic E-state index is 12.6. The van der Waals surface area contributed by atoms with Crippen molar-refractivity contribution >= 4 is 46.1 Å².